The molecule has 3 aromatic rings. The average Bonchev–Trinajstić information content (AvgIpc) is 3.02. The van der Waals surface area contributed by atoms with Gasteiger partial charge in [0.15, 0.2) is 5.82 Å². The monoisotopic (exact) mass is 430 g/mol. The molecule has 28 heavy (non-hydrogen) atoms. The molecule has 7 nitrogen and oxygen atoms in total. The molecule has 0 saturated heterocycles. The van der Waals surface area contributed by atoms with Crippen LogP contribution in [0.4, 0.5) is 19.0 Å². The molecule has 0 saturated carbocycles. The number of anilines is 1. The van der Waals surface area contributed by atoms with Crippen molar-refractivity contribution in [3.63, 3.8) is 0 Å². The van der Waals surface area contributed by atoms with Crippen LogP contribution in [-0.2, 0) is 11.0 Å². The summed E-state index contributed by atoms with van der Waals surface area (Å²) >= 11 is 6.84. The van der Waals surface area contributed by atoms with Crippen molar-refractivity contribution in [2.75, 3.05) is 11.1 Å². The van der Waals surface area contributed by atoms with Gasteiger partial charge in [0.1, 0.15) is 0 Å². The highest BCUT2D eigenvalue weighted by atomic mass is 35.5. The van der Waals surface area contributed by atoms with Crippen LogP contribution in [0.5, 0.6) is 0 Å². The fourth-order valence-electron chi connectivity index (χ4n) is 2.28. The number of carbonyl (C=O) groups is 1. The molecule has 3 rings (SSSR count). The number of halogens is 4. The molecule has 3 aromatic heterocycles. The summed E-state index contributed by atoms with van der Waals surface area (Å²) in [6.45, 7) is 5.70. The first-order chi connectivity index (χ1) is 13.1. The number of nitrogens with zero attached hydrogens (tertiary/aromatic N) is 5. The number of thioether (sulfide) groups is 1. The van der Waals surface area contributed by atoms with E-state index in [2.05, 4.69) is 25.4 Å². The van der Waals surface area contributed by atoms with Crippen LogP contribution in [0.25, 0.3) is 5.78 Å². The van der Waals surface area contributed by atoms with E-state index in [0.29, 0.717) is 23.2 Å². The van der Waals surface area contributed by atoms with E-state index in [4.69, 9.17) is 11.6 Å². The Hall–Kier alpha value is -2.40. The van der Waals surface area contributed by atoms with Gasteiger partial charge in [-0.3, -0.25) is 4.79 Å². The van der Waals surface area contributed by atoms with Crippen molar-refractivity contribution in [2.24, 2.45) is 0 Å². The summed E-state index contributed by atoms with van der Waals surface area (Å²) in [6, 6.07) is 0.708. The van der Waals surface area contributed by atoms with Gasteiger partial charge in [0.25, 0.3) is 5.78 Å². The van der Waals surface area contributed by atoms with Crippen LogP contribution < -0.4 is 5.32 Å². The molecule has 0 radical (unpaired) electrons. The van der Waals surface area contributed by atoms with Crippen molar-refractivity contribution in [3.05, 3.63) is 39.8 Å². The smallest absolute Gasteiger partial charge is 0.309 e. The highest BCUT2D eigenvalue weighted by Gasteiger charge is 2.31. The Labute approximate surface area is 166 Å². The van der Waals surface area contributed by atoms with Gasteiger partial charge >= 0.3 is 6.18 Å². The number of aromatic nitrogens is 5. The lowest BCUT2D eigenvalue weighted by Crippen LogP contribution is -2.16. The van der Waals surface area contributed by atoms with Crippen LogP contribution in [0.15, 0.2) is 17.4 Å². The maximum Gasteiger partial charge on any atom is 0.417 e. The molecule has 0 aliphatic carbocycles. The number of nitrogens with one attached hydrogen (secondary N) is 1. The van der Waals surface area contributed by atoms with Gasteiger partial charge in [0.2, 0.25) is 11.1 Å². The molecule has 1 amide bonds. The van der Waals surface area contributed by atoms with Gasteiger partial charge in [-0.2, -0.15) is 18.2 Å². The number of pyridine rings is 1. The molecular weight excluding hydrogens is 417 g/mol. The minimum Gasteiger partial charge on any atom is -0.309 e. The standard InChI is InChI=1S/C16H14ClF3N6OS/c1-7-8(2)22-14-24-15(25-26(14)9(7)3)28-6-12(27)23-13-11(17)4-10(5-21-13)16(18,19)20/h4-5H,6H2,1-3H3,(H,21,23,27). The minimum absolute atomic E-state index is 0.0765. The second-order valence-electron chi connectivity index (χ2n) is 5.90. The summed E-state index contributed by atoms with van der Waals surface area (Å²) < 4.78 is 39.5. The van der Waals surface area contributed by atoms with Crippen molar-refractivity contribution in [2.45, 2.75) is 32.1 Å². The largest absolute Gasteiger partial charge is 0.417 e. The average molecular weight is 431 g/mol. The van der Waals surface area contributed by atoms with Crippen LogP contribution in [0.2, 0.25) is 5.02 Å². The number of hydrogen-bond donors (Lipinski definition) is 1. The second-order valence-corrected chi connectivity index (χ2v) is 7.25. The molecule has 148 valence electrons. The molecule has 1 N–H and O–H groups in total. The zero-order valence-corrected chi connectivity index (χ0v) is 16.5. The number of amides is 1. The van der Waals surface area contributed by atoms with E-state index in [9.17, 15) is 18.0 Å². The first kappa shape index (κ1) is 20.3. The molecule has 0 aliphatic rings. The van der Waals surface area contributed by atoms with Gasteiger partial charge in [-0.15, -0.1) is 5.10 Å². The number of carbonyl (C=O) groups excluding carboxylic acids is 1. The maximum atomic E-state index is 12.6. The van der Waals surface area contributed by atoms with E-state index in [0.717, 1.165) is 28.7 Å². The predicted octanol–water partition coefficient (Wildman–Crippen LogP) is 3.85. The van der Waals surface area contributed by atoms with Crippen LogP contribution in [0.1, 0.15) is 22.5 Å². The SMILES string of the molecule is Cc1nc2nc(SCC(=O)Nc3ncc(C(F)(F)F)cc3Cl)nn2c(C)c1C. The van der Waals surface area contributed by atoms with Crippen LogP contribution in [0.3, 0.4) is 0 Å². The van der Waals surface area contributed by atoms with E-state index in [-0.39, 0.29) is 16.6 Å². The van der Waals surface area contributed by atoms with Crippen molar-refractivity contribution in [3.8, 4) is 0 Å². The number of fused-ring (bicyclic) bond motifs is 1. The second kappa shape index (κ2) is 7.55. The summed E-state index contributed by atoms with van der Waals surface area (Å²) in [5.41, 5.74) is 1.74. The number of aryl methyl sites for hydroxylation is 2. The minimum atomic E-state index is -4.56. The molecule has 0 atom stereocenters. The summed E-state index contributed by atoms with van der Waals surface area (Å²) in [4.78, 5) is 24.3. The molecule has 0 bridgehead atoms. The molecule has 0 aromatic carbocycles. The maximum absolute atomic E-state index is 12.6. The molecular formula is C16H14ClF3N6OS. The number of rotatable bonds is 4. The Kier molecular flexibility index (Phi) is 5.48. The van der Waals surface area contributed by atoms with E-state index in [1.807, 2.05) is 20.8 Å². The Balaban J connectivity index is 1.68. The molecule has 3 heterocycles. The van der Waals surface area contributed by atoms with Crippen LogP contribution >= 0.6 is 23.4 Å². The molecule has 12 heteroatoms. The first-order valence-electron chi connectivity index (χ1n) is 7.92. The van der Waals surface area contributed by atoms with E-state index in [1.54, 1.807) is 4.52 Å². The van der Waals surface area contributed by atoms with Crippen molar-refractivity contribution >= 4 is 40.9 Å². The summed E-state index contributed by atoms with van der Waals surface area (Å²) in [7, 11) is 0. The Morgan fingerprint density at radius 1 is 1.29 bits per heavy atom. The van der Waals surface area contributed by atoms with E-state index in [1.165, 1.54) is 0 Å². The fraction of sp³-hybridized carbons (Fsp3) is 0.312. The highest BCUT2D eigenvalue weighted by Crippen LogP contribution is 2.32. The summed E-state index contributed by atoms with van der Waals surface area (Å²) in [5.74, 6) is -0.301. The number of hydrogen-bond acceptors (Lipinski definition) is 6. The lowest BCUT2D eigenvalue weighted by molar-refractivity contribution is -0.137. The lowest BCUT2D eigenvalue weighted by Gasteiger charge is -2.09. The van der Waals surface area contributed by atoms with Crippen molar-refractivity contribution < 1.29 is 18.0 Å². The van der Waals surface area contributed by atoms with Gasteiger partial charge in [0.05, 0.1) is 16.3 Å². The molecule has 0 aliphatic heterocycles. The van der Waals surface area contributed by atoms with E-state index >= 15 is 0 Å². The quantitative estimate of drug-likeness (QED) is 0.633. The Bertz CT molecular complexity index is 1070. The van der Waals surface area contributed by atoms with Gasteiger partial charge in [0, 0.05) is 17.6 Å². The first-order valence-corrected chi connectivity index (χ1v) is 9.28. The van der Waals surface area contributed by atoms with Crippen molar-refractivity contribution in [1.82, 2.24) is 24.6 Å². The molecule has 0 unspecified atom stereocenters. The molecule has 0 spiro atoms. The molecule has 0 fully saturated rings. The lowest BCUT2D eigenvalue weighted by atomic mass is 10.2. The van der Waals surface area contributed by atoms with Crippen molar-refractivity contribution in [1.29, 1.82) is 0 Å². The highest BCUT2D eigenvalue weighted by molar-refractivity contribution is 7.99. The Morgan fingerprint density at radius 3 is 2.64 bits per heavy atom. The third-order valence-corrected chi connectivity index (χ3v) is 5.13. The van der Waals surface area contributed by atoms with Crippen LogP contribution in [0, 0.1) is 20.8 Å². The predicted molar refractivity (Wildman–Crippen MR) is 98.6 cm³/mol. The zero-order valence-electron chi connectivity index (χ0n) is 14.9. The fourth-order valence-corrected chi connectivity index (χ4v) is 3.11. The topological polar surface area (TPSA) is 85.1 Å². The third kappa shape index (κ3) is 4.20. The normalized spacial score (nSPS) is 11.8. The summed E-state index contributed by atoms with van der Waals surface area (Å²) in [5, 5.41) is 6.73. The van der Waals surface area contributed by atoms with Crippen LogP contribution in [-0.4, -0.2) is 36.2 Å². The van der Waals surface area contributed by atoms with Gasteiger partial charge in [-0.1, -0.05) is 23.4 Å². The summed E-state index contributed by atoms with van der Waals surface area (Å²) in [6.07, 6.45) is -3.95. The van der Waals surface area contributed by atoms with Gasteiger partial charge in [-0.05, 0) is 32.4 Å². The Morgan fingerprint density at radius 2 is 2.00 bits per heavy atom. The third-order valence-electron chi connectivity index (χ3n) is 4.00. The van der Waals surface area contributed by atoms with Gasteiger partial charge < -0.3 is 5.32 Å². The number of alkyl halides is 3. The van der Waals surface area contributed by atoms with Gasteiger partial charge in [-0.25, -0.2) is 14.5 Å². The zero-order chi connectivity index (χ0) is 20.6. The van der Waals surface area contributed by atoms with E-state index < -0.39 is 17.6 Å².